The summed E-state index contributed by atoms with van der Waals surface area (Å²) in [5, 5.41) is 13.1. The van der Waals surface area contributed by atoms with Gasteiger partial charge in [0.05, 0.1) is 0 Å². The molecular weight excluding hydrogens is 346 g/mol. The lowest BCUT2D eigenvalue weighted by molar-refractivity contribution is -0.121. The van der Waals surface area contributed by atoms with Gasteiger partial charge >= 0.3 is 0 Å². The minimum absolute atomic E-state index is 0.0188. The summed E-state index contributed by atoms with van der Waals surface area (Å²) in [5.41, 5.74) is 1.87. The maximum atomic E-state index is 12.5. The van der Waals surface area contributed by atoms with Gasteiger partial charge in [0.25, 0.3) is 0 Å². The molecule has 2 aliphatic rings. The van der Waals surface area contributed by atoms with Crippen molar-refractivity contribution in [1.82, 2.24) is 9.88 Å². The van der Waals surface area contributed by atoms with Crippen molar-refractivity contribution >= 4 is 11.7 Å². The zero-order chi connectivity index (χ0) is 18.8. The van der Waals surface area contributed by atoms with E-state index >= 15 is 0 Å². The Morgan fingerprint density at radius 2 is 2.00 bits per heavy atom. The fourth-order valence-corrected chi connectivity index (χ4v) is 3.46. The molecule has 4 rings (SSSR count). The van der Waals surface area contributed by atoms with Crippen LogP contribution in [0, 0.1) is 12.8 Å². The van der Waals surface area contributed by atoms with Gasteiger partial charge in [0, 0.05) is 30.3 Å². The number of hydrogen-bond acceptors (Lipinski definition) is 6. The van der Waals surface area contributed by atoms with Crippen molar-refractivity contribution in [2.75, 3.05) is 25.2 Å². The molecular formula is C20H23N3O4. The Morgan fingerprint density at radius 3 is 2.70 bits per heavy atom. The summed E-state index contributed by atoms with van der Waals surface area (Å²) in [6, 6.07) is 7.19. The first kappa shape index (κ1) is 17.6. The summed E-state index contributed by atoms with van der Waals surface area (Å²) in [4.78, 5) is 18.9. The molecule has 0 radical (unpaired) electrons. The molecule has 1 fully saturated rings. The van der Waals surface area contributed by atoms with E-state index in [4.69, 9.17) is 9.47 Å². The van der Waals surface area contributed by atoms with Crippen LogP contribution >= 0.6 is 0 Å². The number of rotatable bonds is 4. The van der Waals surface area contributed by atoms with Crippen LogP contribution < -0.4 is 14.8 Å². The van der Waals surface area contributed by atoms with Crippen molar-refractivity contribution in [1.29, 1.82) is 0 Å². The predicted octanol–water partition coefficient (Wildman–Crippen LogP) is 2.68. The molecule has 0 atom stereocenters. The molecule has 1 aromatic heterocycles. The third-order valence-corrected chi connectivity index (χ3v) is 5.09. The van der Waals surface area contributed by atoms with Crippen molar-refractivity contribution in [2.45, 2.75) is 26.3 Å². The van der Waals surface area contributed by atoms with Gasteiger partial charge in [-0.1, -0.05) is 6.07 Å². The van der Waals surface area contributed by atoms with Crippen LogP contribution in [0.2, 0.25) is 0 Å². The summed E-state index contributed by atoms with van der Waals surface area (Å²) in [5.74, 6) is 2.06. The van der Waals surface area contributed by atoms with Crippen LogP contribution in [0.1, 0.15) is 24.0 Å². The Balaban J connectivity index is 1.31. The number of phenolic OH excluding ortho intramolecular Hbond substituents is 1. The molecule has 0 aliphatic carbocycles. The second-order valence-corrected chi connectivity index (χ2v) is 7.09. The number of aromatic hydroxyl groups is 1. The minimum Gasteiger partial charge on any atom is -0.507 e. The summed E-state index contributed by atoms with van der Waals surface area (Å²) in [7, 11) is 0. The van der Waals surface area contributed by atoms with Gasteiger partial charge in [-0.15, -0.1) is 0 Å². The van der Waals surface area contributed by atoms with Gasteiger partial charge in [0.2, 0.25) is 12.7 Å². The number of anilines is 1. The second-order valence-electron chi connectivity index (χ2n) is 7.09. The van der Waals surface area contributed by atoms with Gasteiger partial charge in [0.15, 0.2) is 11.5 Å². The van der Waals surface area contributed by atoms with Crippen LogP contribution in [0.15, 0.2) is 30.5 Å². The van der Waals surface area contributed by atoms with Crippen molar-refractivity contribution in [3.63, 3.8) is 0 Å². The fraction of sp³-hybridized carbons (Fsp3) is 0.400. The number of ether oxygens (including phenoxy) is 2. The number of nitrogens with zero attached hydrogens (tertiary/aromatic N) is 2. The predicted molar refractivity (Wildman–Crippen MR) is 99.8 cm³/mol. The van der Waals surface area contributed by atoms with E-state index in [1.165, 1.54) is 0 Å². The van der Waals surface area contributed by atoms with E-state index < -0.39 is 0 Å². The van der Waals surface area contributed by atoms with Crippen LogP contribution in [-0.4, -0.2) is 40.8 Å². The van der Waals surface area contributed by atoms with Gasteiger partial charge in [0.1, 0.15) is 11.6 Å². The number of aromatic nitrogens is 1. The zero-order valence-corrected chi connectivity index (χ0v) is 15.3. The Kier molecular flexibility index (Phi) is 4.85. The third-order valence-electron chi connectivity index (χ3n) is 5.09. The van der Waals surface area contributed by atoms with Gasteiger partial charge in [-0.2, -0.15) is 0 Å². The van der Waals surface area contributed by atoms with Gasteiger partial charge in [-0.3, -0.25) is 9.69 Å². The molecule has 2 aromatic rings. The monoisotopic (exact) mass is 369 g/mol. The normalized spacial score (nSPS) is 17.1. The minimum atomic E-state index is -0.0188. The Hall–Kier alpha value is -2.80. The topological polar surface area (TPSA) is 83.9 Å². The summed E-state index contributed by atoms with van der Waals surface area (Å²) < 4.78 is 10.7. The first-order chi connectivity index (χ1) is 13.1. The van der Waals surface area contributed by atoms with E-state index in [2.05, 4.69) is 15.2 Å². The molecule has 1 amide bonds. The van der Waals surface area contributed by atoms with Gasteiger partial charge in [-0.25, -0.2) is 4.98 Å². The van der Waals surface area contributed by atoms with Crippen molar-refractivity contribution < 1.29 is 19.4 Å². The number of aryl methyl sites for hydroxylation is 1. The van der Waals surface area contributed by atoms with Crippen molar-refractivity contribution in [2.24, 2.45) is 5.92 Å². The van der Waals surface area contributed by atoms with Crippen LogP contribution in [0.25, 0.3) is 0 Å². The molecule has 1 saturated heterocycles. The maximum Gasteiger partial charge on any atom is 0.231 e. The van der Waals surface area contributed by atoms with Gasteiger partial charge < -0.3 is 19.9 Å². The standard InChI is InChI=1S/C20H23N3O4/c1-13-2-3-19(21-10-13)22-20(25)14-4-6-23(7-5-14)11-15-8-17-18(9-16(15)24)27-12-26-17/h2-3,8-10,14,24H,4-7,11-12H2,1H3,(H,21,22,25). The Morgan fingerprint density at radius 1 is 1.26 bits per heavy atom. The van der Waals surface area contributed by atoms with Crippen molar-refractivity contribution in [3.05, 3.63) is 41.6 Å². The summed E-state index contributed by atoms with van der Waals surface area (Å²) >= 11 is 0. The molecule has 0 saturated carbocycles. The third kappa shape index (κ3) is 3.98. The second kappa shape index (κ2) is 7.44. The van der Waals surface area contributed by atoms with E-state index in [1.54, 1.807) is 12.3 Å². The van der Waals surface area contributed by atoms with Crippen LogP contribution in [0.5, 0.6) is 17.2 Å². The van der Waals surface area contributed by atoms with E-state index in [-0.39, 0.29) is 24.4 Å². The summed E-state index contributed by atoms with van der Waals surface area (Å²) in [6.07, 6.45) is 3.31. The lowest BCUT2D eigenvalue weighted by atomic mass is 9.95. The van der Waals surface area contributed by atoms with Crippen molar-refractivity contribution in [3.8, 4) is 17.2 Å². The highest BCUT2D eigenvalue weighted by Gasteiger charge is 2.26. The number of phenols is 1. The number of carbonyl (C=O) groups excluding carboxylic acids is 1. The number of pyridine rings is 1. The first-order valence-corrected chi connectivity index (χ1v) is 9.16. The highest BCUT2D eigenvalue weighted by molar-refractivity contribution is 5.91. The van der Waals surface area contributed by atoms with Crippen LogP contribution in [0.4, 0.5) is 5.82 Å². The Bertz CT molecular complexity index is 830. The van der Waals surface area contributed by atoms with Crippen LogP contribution in [0.3, 0.4) is 0 Å². The average molecular weight is 369 g/mol. The van der Waals surface area contributed by atoms with E-state index in [1.807, 2.05) is 25.1 Å². The molecule has 1 aromatic carbocycles. The SMILES string of the molecule is Cc1ccc(NC(=O)C2CCN(Cc3cc4c(cc3O)OCO4)CC2)nc1. The number of nitrogens with one attached hydrogen (secondary N) is 1. The van der Waals surface area contributed by atoms with E-state index in [0.29, 0.717) is 23.9 Å². The number of carbonyl (C=O) groups is 1. The highest BCUT2D eigenvalue weighted by Crippen LogP contribution is 2.38. The van der Waals surface area contributed by atoms with E-state index in [9.17, 15) is 9.90 Å². The molecule has 3 heterocycles. The lowest BCUT2D eigenvalue weighted by Crippen LogP contribution is -2.37. The highest BCUT2D eigenvalue weighted by atomic mass is 16.7. The number of hydrogen-bond donors (Lipinski definition) is 2. The number of amides is 1. The molecule has 2 N–H and O–H groups in total. The molecule has 142 valence electrons. The number of likely N-dealkylation sites (tertiary alicyclic amines) is 1. The van der Waals surface area contributed by atoms with Gasteiger partial charge in [-0.05, 0) is 50.6 Å². The molecule has 0 bridgehead atoms. The molecule has 7 heteroatoms. The number of piperidine rings is 1. The lowest BCUT2D eigenvalue weighted by Gasteiger charge is -2.31. The average Bonchev–Trinajstić information content (AvgIpc) is 3.11. The zero-order valence-electron chi connectivity index (χ0n) is 15.3. The quantitative estimate of drug-likeness (QED) is 0.862. The number of fused-ring (bicyclic) bond motifs is 1. The molecule has 2 aliphatic heterocycles. The van der Waals surface area contributed by atoms with E-state index in [0.717, 1.165) is 37.1 Å². The molecule has 0 spiro atoms. The maximum absolute atomic E-state index is 12.5. The molecule has 7 nitrogen and oxygen atoms in total. The molecule has 0 unspecified atom stereocenters. The molecule has 27 heavy (non-hydrogen) atoms. The number of benzene rings is 1. The Labute approximate surface area is 157 Å². The fourth-order valence-electron chi connectivity index (χ4n) is 3.46. The largest absolute Gasteiger partial charge is 0.507 e. The smallest absolute Gasteiger partial charge is 0.231 e. The van der Waals surface area contributed by atoms with Crippen LogP contribution in [-0.2, 0) is 11.3 Å². The first-order valence-electron chi connectivity index (χ1n) is 9.16. The summed E-state index contributed by atoms with van der Waals surface area (Å²) in [6.45, 7) is 4.37.